The number of aryl methyl sites for hydroxylation is 1. The summed E-state index contributed by atoms with van der Waals surface area (Å²) in [7, 11) is 1.82. The van der Waals surface area contributed by atoms with Crippen molar-refractivity contribution >= 4 is 5.91 Å². The molecular formula is C18H19N5O2. The molecule has 1 fully saturated rings. The monoisotopic (exact) mass is 337 g/mol. The molecule has 25 heavy (non-hydrogen) atoms. The molecule has 3 aromatic heterocycles. The maximum Gasteiger partial charge on any atom is 0.258 e. The highest BCUT2D eigenvalue weighted by molar-refractivity contribution is 5.99. The van der Waals surface area contributed by atoms with Gasteiger partial charge in [0.2, 0.25) is 0 Å². The molecule has 1 aliphatic heterocycles. The molecule has 0 radical (unpaired) electrons. The Morgan fingerprint density at radius 1 is 1.28 bits per heavy atom. The second-order valence-corrected chi connectivity index (χ2v) is 6.83. The Labute approximate surface area is 144 Å². The molecule has 0 atom stereocenters. The third-order valence-corrected chi connectivity index (χ3v) is 4.91. The summed E-state index contributed by atoms with van der Waals surface area (Å²) < 4.78 is 9.15. The highest BCUT2D eigenvalue weighted by Gasteiger charge is 2.31. The molecule has 7 nitrogen and oxygen atoms in total. The molecule has 5 rings (SSSR count). The van der Waals surface area contributed by atoms with Crippen molar-refractivity contribution in [3.05, 3.63) is 47.6 Å². The van der Waals surface area contributed by atoms with Crippen molar-refractivity contribution in [2.75, 3.05) is 6.54 Å². The maximum atomic E-state index is 13.1. The van der Waals surface area contributed by atoms with E-state index in [1.807, 2.05) is 22.7 Å². The summed E-state index contributed by atoms with van der Waals surface area (Å²) in [6.45, 7) is 1.99. The first-order chi connectivity index (χ1) is 12.2. The highest BCUT2D eigenvalue weighted by Crippen LogP contribution is 2.39. The predicted octanol–water partition coefficient (Wildman–Crippen LogP) is 2.41. The average molecular weight is 337 g/mol. The summed E-state index contributed by atoms with van der Waals surface area (Å²) in [5.41, 5.74) is 3.47. The highest BCUT2D eigenvalue weighted by atomic mass is 16.3. The second kappa shape index (κ2) is 5.34. The predicted molar refractivity (Wildman–Crippen MR) is 89.9 cm³/mol. The van der Waals surface area contributed by atoms with Crippen molar-refractivity contribution in [3.63, 3.8) is 0 Å². The van der Waals surface area contributed by atoms with Gasteiger partial charge in [0.25, 0.3) is 5.91 Å². The lowest BCUT2D eigenvalue weighted by atomic mass is 10.1. The van der Waals surface area contributed by atoms with E-state index in [-0.39, 0.29) is 5.91 Å². The van der Waals surface area contributed by atoms with Crippen LogP contribution in [0.25, 0.3) is 11.5 Å². The van der Waals surface area contributed by atoms with E-state index < -0.39 is 0 Å². The van der Waals surface area contributed by atoms with E-state index in [9.17, 15) is 4.79 Å². The molecule has 0 unspecified atom stereocenters. The van der Waals surface area contributed by atoms with Gasteiger partial charge in [-0.05, 0) is 31.0 Å². The summed E-state index contributed by atoms with van der Waals surface area (Å²) >= 11 is 0. The van der Waals surface area contributed by atoms with E-state index in [2.05, 4.69) is 16.3 Å². The van der Waals surface area contributed by atoms with Gasteiger partial charge in [0.05, 0.1) is 36.3 Å². The molecule has 2 aliphatic rings. The van der Waals surface area contributed by atoms with Crippen molar-refractivity contribution in [1.82, 2.24) is 24.5 Å². The van der Waals surface area contributed by atoms with Crippen LogP contribution >= 0.6 is 0 Å². The molecule has 0 aromatic carbocycles. The first-order valence-corrected chi connectivity index (χ1v) is 8.62. The average Bonchev–Trinajstić information content (AvgIpc) is 3.02. The zero-order valence-electron chi connectivity index (χ0n) is 14.1. The molecule has 4 heterocycles. The van der Waals surface area contributed by atoms with Crippen LogP contribution in [0, 0.1) is 0 Å². The van der Waals surface area contributed by atoms with Crippen LogP contribution in [0.5, 0.6) is 0 Å². The van der Waals surface area contributed by atoms with Crippen molar-refractivity contribution < 1.29 is 9.21 Å². The number of fused-ring (bicyclic) bond motifs is 1. The van der Waals surface area contributed by atoms with Crippen molar-refractivity contribution in [1.29, 1.82) is 0 Å². The number of carbonyl (C=O) groups excluding carboxylic acids is 1. The molecule has 7 heteroatoms. The number of amides is 1. The molecule has 1 aliphatic carbocycles. The fraction of sp³-hybridized carbons (Fsp3) is 0.389. The van der Waals surface area contributed by atoms with Crippen LogP contribution in [0.4, 0.5) is 0 Å². The van der Waals surface area contributed by atoms with E-state index in [4.69, 9.17) is 4.42 Å². The third-order valence-electron chi connectivity index (χ3n) is 4.91. The summed E-state index contributed by atoms with van der Waals surface area (Å²) in [6, 6.07) is 5.79. The van der Waals surface area contributed by atoms with E-state index in [0.717, 1.165) is 12.2 Å². The quantitative estimate of drug-likeness (QED) is 0.736. The summed E-state index contributed by atoms with van der Waals surface area (Å²) in [5, 5.41) is 9.10. The van der Waals surface area contributed by atoms with Gasteiger partial charge in [-0.25, -0.2) is 0 Å². The Hall–Kier alpha value is -2.83. The van der Waals surface area contributed by atoms with Crippen LogP contribution < -0.4 is 0 Å². The number of furan rings is 1. The van der Waals surface area contributed by atoms with Crippen LogP contribution in [0.2, 0.25) is 0 Å². The molecule has 3 aromatic rings. The summed E-state index contributed by atoms with van der Waals surface area (Å²) in [5.74, 6) is 1.23. The zero-order chi connectivity index (χ0) is 17.0. The molecule has 0 bridgehead atoms. The van der Waals surface area contributed by atoms with Crippen molar-refractivity contribution in [2.45, 2.75) is 31.8 Å². The summed E-state index contributed by atoms with van der Waals surface area (Å²) in [6.07, 6.45) is 5.83. The number of rotatable bonds is 3. The number of carbonyl (C=O) groups is 1. The Kier molecular flexibility index (Phi) is 3.10. The van der Waals surface area contributed by atoms with Gasteiger partial charge in [-0.3, -0.25) is 14.2 Å². The lowest BCUT2D eigenvalue weighted by Gasteiger charge is -2.27. The molecule has 1 saturated carbocycles. The maximum absolute atomic E-state index is 13.1. The molecule has 128 valence electrons. The van der Waals surface area contributed by atoms with Crippen LogP contribution in [0.15, 0.2) is 35.1 Å². The Bertz CT molecular complexity index is 933. The number of nitrogens with zero attached hydrogens (tertiary/aromatic N) is 5. The van der Waals surface area contributed by atoms with Crippen LogP contribution in [0.3, 0.4) is 0 Å². The first-order valence-electron chi connectivity index (χ1n) is 8.62. The third kappa shape index (κ3) is 2.47. The minimum Gasteiger partial charge on any atom is -0.463 e. The minimum atomic E-state index is -0.0140. The summed E-state index contributed by atoms with van der Waals surface area (Å²) in [4.78, 5) is 15.0. The van der Waals surface area contributed by atoms with Gasteiger partial charge in [-0.2, -0.15) is 10.2 Å². The Balaban J connectivity index is 1.43. The molecule has 0 saturated heterocycles. The standard InChI is InChI=1S/C18H19N5O2/c1-21-11-14(17(20-21)16-3-2-8-25-16)18(24)22-6-7-23-13(10-22)9-15(19-23)12-4-5-12/h2-3,8-9,11-12H,4-7,10H2,1H3. The zero-order valence-corrected chi connectivity index (χ0v) is 14.1. The van der Waals surface area contributed by atoms with Crippen LogP contribution in [-0.4, -0.2) is 36.9 Å². The fourth-order valence-electron chi connectivity index (χ4n) is 3.45. The van der Waals surface area contributed by atoms with Crippen molar-refractivity contribution in [3.8, 4) is 11.5 Å². The fourth-order valence-corrected chi connectivity index (χ4v) is 3.45. The normalized spacial score (nSPS) is 16.9. The van der Waals surface area contributed by atoms with Gasteiger partial charge in [0.15, 0.2) is 5.76 Å². The molecule has 0 N–H and O–H groups in total. The molecular weight excluding hydrogens is 318 g/mol. The largest absolute Gasteiger partial charge is 0.463 e. The SMILES string of the molecule is Cn1cc(C(=O)N2CCn3nc(C4CC4)cc3C2)c(-c2ccco2)n1. The van der Waals surface area contributed by atoms with Gasteiger partial charge in [0.1, 0.15) is 5.69 Å². The number of hydrogen-bond acceptors (Lipinski definition) is 4. The lowest BCUT2D eigenvalue weighted by Crippen LogP contribution is -2.38. The van der Waals surface area contributed by atoms with E-state index >= 15 is 0 Å². The number of hydrogen-bond donors (Lipinski definition) is 0. The smallest absolute Gasteiger partial charge is 0.258 e. The first kappa shape index (κ1) is 14.5. The Morgan fingerprint density at radius 2 is 2.16 bits per heavy atom. The second-order valence-electron chi connectivity index (χ2n) is 6.83. The van der Waals surface area contributed by atoms with Gasteiger partial charge < -0.3 is 9.32 Å². The van der Waals surface area contributed by atoms with Gasteiger partial charge in [-0.15, -0.1) is 0 Å². The van der Waals surface area contributed by atoms with Gasteiger partial charge in [0, 0.05) is 25.7 Å². The lowest BCUT2D eigenvalue weighted by molar-refractivity contribution is 0.0706. The van der Waals surface area contributed by atoms with E-state index in [1.54, 1.807) is 23.2 Å². The van der Waals surface area contributed by atoms with E-state index in [1.165, 1.54) is 18.5 Å². The van der Waals surface area contributed by atoms with Gasteiger partial charge >= 0.3 is 0 Å². The topological polar surface area (TPSA) is 69.1 Å². The molecule has 0 spiro atoms. The van der Waals surface area contributed by atoms with Crippen molar-refractivity contribution in [2.24, 2.45) is 7.05 Å². The van der Waals surface area contributed by atoms with Crippen LogP contribution in [0.1, 0.15) is 40.5 Å². The minimum absolute atomic E-state index is 0.0140. The molecule has 1 amide bonds. The van der Waals surface area contributed by atoms with Gasteiger partial charge in [-0.1, -0.05) is 0 Å². The van der Waals surface area contributed by atoms with E-state index in [0.29, 0.717) is 36.0 Å². The number of aromatic nitrogens is 4. The van der Waals surface area contributed by atoms with Crippen LogP contribution in [-0.2, 0) is 20.1 Å². The Morgan fingerprint density at radius 3 is 2.92 bits per heavy atom.